The van der Waals surface area contributed by atoms with E-state index >= 15 is 0 Å². The summed E-state index contributed by atoms with van der Waals surface area (Å²) in [5.74, 6) is 0. The molecule has 1 saturated heterocycles. The van der Waals surface area contributed by atoms with E-state index in [1.807, 2.05) is 36.4 Å². The van der Waals surface area contributed by atoms with Crippen LogP contribution in [-0.2, 0) is 10.0 Å². The average Bonchev–Trinajstić information content (AvgIpc) is 3.18. The lowest BCUT2D eigenvalue weighted by Crippen LogP contribution is -2.43. The van der Waals surface area contributed by atoms with E-state index in [-0.39, 0.29) is 4.90 Å². The van der Waals surface area contributed by atoms with Crippen molar-refractivity contribution in [3.8, 4) is 0 Å². The third kappa shape index (κ3) is 3.08. The fourth-order valence-electron chi connectivity index (χ4n) is 4.01. The first-order valence-electron chi connectivity index (χ1n) is 9.55. The van der Waals surface area contributed by atoms with Gasteiger partial charge in [-0.2, -0.15) is 0 Å². The van der Waals surface area contributed by atoms with E-state index in [1.54, 1.807) is 30.5 Å². The van der Waals surface area contributed by atoms with Crippen LogP contribution in [0.1, 0.15) is 0 Å². The first-order valence-corrected chi connectivity index (χ1v) is 11.4. The van der Waals surface area contributed by atoms with Crippen LogP contribution in [0.15, 0.2) is 71.8 Å². The van der Waals surface area contributed by atoms with Crippen molar-refractivity contribution in [2.24, 2.45) is 0 Å². The Hall–Kier alpha value is -2.54. The van der Waals surface area contributed by atoms with Gasteiger partial charge in [-0.3, -0.25) is 0 Å². The van der Waals surface area contributed by atoms with Gasteiger partial charge in [-0.05, 0) is 41.1 Å². The summed E-state index contributed by atoms with van der Waals surface area (Å²) in [4.78, 5) is 2.49. The van der Waals surface area contributed by atoms with E-state index in [1.165, 1.54) is 3.97 Å². The second kappa shape index (κ2) is 7.06. The molecule has 29 heavy (non-hydrogen) atoms. The van der Waals surface area contributed by atoms with Gasteiger partial charge in [-0.15, -0.1) is 0 Å². The molecule has 1 fully saturated rings. The zero-order valence-corrected chi connectivity index (χ0v) is 17.2. The molecule has 1 aliphatic rings. The Kier molecular flexibility index (Phi) is 4.50. The Morgan fingerprint density at radius 1 is 0.897 bits per heavy atom. The average molecular weight is 426 g/mol. The van der Waals surface area contributed by atoms with Gasteiger partial charge in [0.15, 0.2) is 0 Å². The van der Waals surface area contributed by atoms with Crippen molar-refractivity contribution in [3.05, 3.63) is 71.9 Å². The molecule has 0 atom stereocenters. The van der Waals surface area contributed by atoms with Gasteiger partial charge >= 0.3 is 0 Å². The molecule has 5 nitrogen and oxygen atoms in total. The highest BCUT2D eigenvalue weighted by molar-refractivity contribution is 7.90. The van der Waals surface area contributed by atoms with Crippen LogP contribution in [0.3, 0.4) is 0 Å². The molecule has 0 radical (unpaired) electrons. The smallest absolute Gasteiger partial charge is 0.268 e. The monoisotopic (exact) mass is 425 g/mol. The molecule has 1 aromatic heterocycles. The van der Waals surface area contributed by atoms with Crippen molar-refractivity contribution in [1.82, 2.24) is 9.29 Å². The number of fused-ring (bicyclic) bond motifs is 2. The van der Waals surface area contributed by atoms with Crippen molar-refractivity contribution >= 4 is 49.0 Å². The number of benzene rings is 3. The number of hydrogen-bond donors (Lipinski definition) is 1. The molecule has 148 valence electrons. The molecule has 4 aromatic rings. The molecule has 3 aromatic carbocycles. The molecule has 0 unspecified atom stereocenters. The minimum absolute atomic E-state index is 0.271. The van der Waals surface area contributed by atoms with E-state index in [9.17, 15) is 8.42 Å². The van der Waals surface area contributed by atoms with Crippen molar-refractivity contribution in [3.63, 3.8) is 0 Å². The number of rotatable bonds is 3. The lowest BCUT2D eigenvalue weighted by atomic mass is 10.1. The Bertz CT molecular complexity index is 1320. The van der Waals surface area contributed by atoms with E-state index in [0.29, 0.717) is 10.5 Å². The van der Waals surface area contributed by atoms with Crippen LogP contribution in [-0.4, -0.2) is 38.6 Å². The molecular formula is C22H20ClN3O2S. The van der Waals surface area contributed by atoms with Crippen LogP contribution in [0.2, 0.25) is 5.02 Å². The molecule has 1 N–H and O–H groups in total. The topological polar surface area (TPSA) is 54.3 Å². The number of halogens is 1. The highest BCUT2D eigenvalue weighted by Gasteiger charge is 2.23. The summed E-state index contributed by atoms with van der Waals surface area (Å²) in [5, 5.41) is 6.73. The lowest BCUT2D eigenvalue weighted by Gasteiger charge is -2.30. The van der Waals surface area contributed by atoms with Gasteiger partial charge in [0, 0.05) is 37.8 Å². The minimum Gasteiger partial charge on any atom is -0.367 e. The molecule has 1 aliphatic heterocycles. The highest BCUT2D eigenvalue weighted by Crippen LogP contribution is 2.36. The predicted molar refractivity (Wildman–Crippen MR) is 119 cm³/mol. The second-order valence-corrected chi connectivity index (χ2v) is 9.41. The third-order valence-corrected chi connectivity index (χ3v) is 7.46. The van der Waals surface area contributed by atoms with E-state index in [2.05, 4.69) is 10.2 Å². The van der Waals surface area contributed by atoms with Gasteiger partial charge in [0.1, 0.15) is 0 Å². The second-order valence-electron chi connectivity index (χ2n) is 7.19. The number of aromatic nitrogens is 1. The summed E-state index contributed by atoms with van der Waals surface area (Å²) in [6, 6.07) is 18.4. The molecular weight excluding hydrogens is 406 g/mol. The SMILES string of the molecule is O=S(=O)(c1ccc2ccccc2c1)n1ccc2c(N3CCNCC3)c(Cl)ccc21. The zero-order valence-electron chi connectivity index (χ0n) is 15.7. The van der Waals surface area contributed by atoms with Crippen molar-refractivity contribution in [2.75, 3.05) is 31.1 Å². The normalized spacial score (nSPS) is 15.3. The van der Waals surface area contributed by atoms with Crippen LogP contribution < -0.4 is 10.2 Å². The molecule has 5 rings (SSSR count). The Labute approximate surface area is 174 Å². The summed E-state index contributed by atoms with van der Waals surface area (Å²) < 4.78 is 28.2. The van der Waals surface area contributed by atoms with Crippen LogP contribution >= 0.6 is 11.6 Å². The molecule has 0 aliphatic carbocycles. The minimum atomic E-state index is -3.73. The number of nitrogens with one attached hydrogen (secondary N) is 1. The molecule has 0 spiro atoms. The molecule has 0 saturated carbocycles. The van der Waals surface area contributed by atoms with Gasteiger partial charge < -0.3 is 10.2 Å². The summed E-state index contributed by atoms with van der Waals surface area (Å²) in [6.45, 7) is 3.43. The first-order chi connectivity index (χ1) is 14.1. The largest absolute Gasteiger partial charge is 0.367 e. The van der Waals surface area contributed by atoms with Crippen LogP contribution in [0.4, 0.5) is 5.69 Å². The first kappa shape index (κ1) is 18.5. The maximum absolute atomic E-state index is 13.4. The van der Waals surface area contributed by atoms with E-state index in [4.69, 9.17) is 11.6 Å². The standard InChI is InChI=1S/C22H20ClN3O2S/c23-20-7-8-21-19(22(20)25-13-10-24-11-14-25)9-12-26(21)29(27,28)18-6-5-16-3-1-2-4-17(16)15-18/h1-9,12,15,24H,10-11,13-14H2. The number of nitrogens with zero attached hydrogens (tertiary/aromatic N) is 2. The van der Waals surface area contributed by atoms with Crippen molar-refractivity contribution < 1.29 is 8.42 Å². The van der Waals surface area contributed by atoms with Gasteiger partial charge in [0.2, 0.25) is 0 Å². The summed E-state index contributed by atoms with van der Waals surface area (Å²) in [6.07, 6.45) is 1.62. The van der Waals surface area contributed by atoms with Crippen molar-refractivity contribution in [1.29, 1.82) is 0 Å². The quantitative estimate of drug-likeness (QED) is 0.537. The summed E-state index contributed by atoms with van der Waals surface area (Å²) in [5.41, 5.74) is 1.54. The number of hydrogen-bond acceptors (Lipinski definition) is 4. The van der Waals surface area contributed by atoms with Crippen LogP contribution in [0.5, 0.6) is 0 Å². The summed E-state index contributed by atoms with van der Waals surface area (Å²) >= 11 is 6.52. The van der Waals surface area contributed by atoms with Gasteiger partial charge in [0.25, 0.3) is 10.0 Å². The van der Waals surface area contributed by atoms with Gasteiger partial charge in [-0.25, -0.2) is 12.4 Å². The van der Waals surface area contributed by atoms with Crippen molar-refractivity contribution in [2.45, 2.75) is 4.90 Å². The van der Waals surface area contributed by atoms with E-state index < -0.39 is 10.0 Å². The molecule has 2 heterocycles. The lowest BCUT2D eigenvalue weighted by molar-refractivity contribution is 0.589. The number of piperazine rings is 1. The summed E-state index contributed by atoms with van der Waals surface area (Å²) in [7, 11) is -3.73. The van der Waals surface area contributed by atoms with Crippen LogP contribution in [0.25, 0.3) is 21.7 Å². The fourth-order valence-corrected chi connectivity index (χ4v) is 5.68. The van der Waals surface area contributed by atoms with E-state index in [0.717, 1.165) is 48.0 Å². The van der Waals surface area contributed by atoms with Gasteiger partial charge in [-0.1, -0.05) is 41.9 Å². The maximum Gasteiger partial charge on any atom is 0.268 e. The molecule has 0 bridgehead atoms. The molecule has 0 amide bonds. The zero-order chi connectivity index (χ0) is 20.0. The fraction of sp³-hybridized carbons (Fsp3) is 0.182. The molecule has 7 heteroatoms. The Balaban J connectivity index is 1.66. The highest BCUT2D eigenvalue weighted by atomic mass is 35.5. The van der Waals surface area contributed by atoms with Crippen LogP contribution in [0, 0.1) is 0 Å². The Morgan fingerprint density at radius 3 is 2.45 bits per heavy atom. The maximum atomic E-state index is 13.4. The predicted octanol–water partition coefficient (Wildman–Crippen LogP) is 4.09. The number of anilines is 1. The third-order valence-electron chi connectivity index (χ3n) is 5.47. The Morgan fingerprint density at radius 2 is 1.66 bits per heavy atom. The van der Waals surface area contributed by atoms with Gasteiger partial charge in [0.05, 0.1) is 21.1 Å².